The van der Waals surface area contributed by atoms with Gasteiger partial charge in [-0.3, -0.25) is 9.59 Å². The summed E-state index contributed by atoms with van der Waals surface area (Å²) in [5.41, 5.74) is 2.36. The molecule has 39 heavy (non-hydrogen) atoms. The largest absolute Gasteiger partial charge is 0.508 e. The van der Waals surface area contributed by atoms with Crippen LogP contribution in [0, 0.1) is 11.8 Å². The topological polar surface area (TPSA) is 104 Å². The van der Waals surface area contributed by atoms with Crippen LogP contribution >= 0.6 is 0 Å². The van der Waals surface area contributed by atoms with E-state index in [0.717, 1.165) is 22.9 Å². The first-order valence-corrected chi connectivity index (χ1v) is 17.4. The van der Waals surface area contributed by atoms with E-state index in [2.05, 4.69) is 24.8 Å². The average Bonchev–Trinajstić information content (AvgIpc) is 2.90. The number of para-hydroxylation sites is 1. The van der Waals surface area contributed by atoms with Gasteiger partial charge in [0, 0.05) is 19.9 Å². The molecule has 2 aromatic rings. The molecule has 0 saturated heterocycles. The van der Waals surface area contributed by atoms with Crippen molar-refractivity contribution in [1.29, 1.82) is 0 Å². The van der Waals surface area contributed by atoms with Crippen molar-refractivity contribution in [1.82, 2.24) is 0 Å². The van der Waals surface area contributed by atoms with Gasteiger partial charge < -0.3 is 24.2 Å². The summed E-state index contributed by atoms with van der Waals surface area (Å²) in [5.74, 6) is -2.41. The second kappa shape index (κ2) is 12.7. The van der Waals surface area contributed by atoms with Crippen LogP contribution in [0.5, 0.6) is 11.5 Å². The summed E-state index contributed by atoms with van der Waals surface area (Å²) in [5, 5.41) is 14.7. The lowest BCUT2D eigenvalue weighted by atomic mass is 9.55. The number of esters is 2. The number of nitrogens with zero attached hydrogens (tertiary/aromatic N) is 1. The fourth-order valence-corrected chi connectivity index (χ4v) is 6.09. The zero-order valence-corrected chi connectivity index (χ0v) is 24.2. The molecule has 8 nitrogen and oxygen atoms in total. The predicted octanol–water partition coefficient (Wildman–Crippen LogP) is 5.50. The third kappa shape index (κ3) is 7.01. The molecule has 0 aromatic heterocycles. The molecule has 0 amide bonds. The standard InChI is InChI=1S/C30H39NO7Si/c1-5-13-36-30(34)28-26-23-18-20(32)11-12-22(23)24(27(28)29(33)37-16-17-39(2,3)4)19-25(26)31-38-15-14-35-21-9-7-6-8-10-21/h6-12,18,24,26-28,32H,5,13-17,19H2,1-4H3/b31-25-/t24?,26-,27-,28-/m1/s1. The van der Waals surface area contributed by atoms with Crippen LogP contribution in [0.1, 0.15) is 42.7 Å². The minimum Gasteiger partial charge on any atom is -0.508 e. The Morgan fingerprint density at radius 2 is 1.64 bits per heavy atom. The number of benzene rings is 2. The molecule has 1 N–H and O–H groups in total. The summed E-state index contributed by atoms with van der Waals surface area (Å²) in [6, 6.07) is 15.4. The SMILES string of the molecule is CCCOC(=O)[C@H]1[C@H](C(=O)OCC[Si](C)(C)C)C2C/C(=N/OCCOc3ccccc3)[C@H]1c1cc(O)ccc12. The molecule has 1 fully saturated rings. The van der Waals surface area contributed by atoms with E-state index in [1.807, 2.05) is 43.3 Å². The molecular weight excluding hydrogens is 514 g/mol. The highest BCUT2D eigenvalue weighted by Gasteiger charge is 2.57. The van der Waals surface area contributed by atoms with Gasteiger partial charge in [-0.05, 0) is 54.3 Å². The lowest BCUT2D eigenvalue weighted by Gasteiger charge is -2.47. The molecule has 0 spiro atoms. The van der Waals surface area contributed by atoms with Crippen molar-refractivity contribution in [3.8, 4) is 11.5 Å². The smallest absolute Gasteiger partial charge is 0.310 e. The molecule has 0 heterocycles. The number of oxime groups is 1. The third-order valence-electron chi connectivity index (χ3n) is 7.23. The molecule has 1 unspecified atom stereocenters. The van der Waals surface area contributed by atoms with Gasteiger partial charge in [-0.2, -0.15) is 0 Å². The minimum absolute atomic E-state index is 0.0905. The van der Waals surface area contributed by atoms with Crippen LogP contribution in [0.3, 0.4) is 0 Å². The molecule has 5 rings (SSSR count). The summed E-state index contributed by atoms with van der Waals surface area (Å²) in [4.78, 5) is 32.6. The first kappa shape index (κ1) is 28.7. The van der Waals surface area contributed by atoms with Crippen LogP contribution in [0.4, 0.5) is 0 Å². The molecule has 3 aliphatic rings. The van der Waals surface area contributed by atoms with Gasteiger partial charge in [0.15, 0.2) is 6.61 Å². The van der Waals surface area contributed by atoms with E-state index in [0.29, 0.717) is 31.8 Å². The molecule has 2 bridgehead atoms. The number of phenolic OH excluding ortho intramolecular Hbond substituents is 1. The quantitative estimate of drug-likeness (QED) is 0.160. The van der Waals surface area contributed by atoms with Crippen molar-refractivity contribution in [3.63, 3.8) is 0 Å². The van der Waals surface area contributed by atoms with E-state index in [-0.39, 0.29) is 30.9 Å². The van der Waals surface area contributed by atoms with Crippen LogP contribution < -0.4 is 4.74 Å². The maximum absolute atomic E-state index is 13.5. The summed E-state index contributed by atoms with van der Waals surface area (Å²) in [6.07, 6.45) is 1.12. The molecule has 0 radical (unpaired) electrons. The number of phenols is 1. The van der Waals surface area contributed by atoms with Gasteiger partial charge in [-0.15, -0.1) is 0 Å². The van der Waals surface area contributed by atoms with Gasteiger partial charge in [0.25, 0.3) is 0 Å². The average molecular weight is 554 g/mol. The van der Waals surface area contributed by atoms with Crippen molar-refractivity contribution in [2.45, 2.75) is 57.3 Å². The Labute approximate surface area is 231 Å². The Morgan fingerprint density at radius 1 is 0.923 bits per heavy atom. The zero-order valence-electron chi connectivity index (χ0n) is 23.2. The first-order valence-electron chi connectivity index (χ1n) is 13.7. The van der Waals surface area contributed by atoms with Gasteiger partial charge in [0.2, 0.25) is 0 Å². The Kier molecular flexibility index (Phi) is 9.32. The van der Waals surface area contributed by atoms with Gasteiger partial charge in [-0.1, -0.05) is 56.0 Å². The summed E-state index contributed by atoms with van der Waals surface area (Å²) in [6.45, 7) is 9.73. The summed E-state index contributed by atoms with van der Waals surface area (Å²) >= 11 is 0. The number of carbonyl (C=O) groups excluding carboxylic acids is 2. The molecule has 2 aromatic carbocycles. The number of hydrogen-bond donors (Lipinski definition) is 1. The first-order chi connectivity index (χ1) is 18.7. The normalized spacial score (nSPS) is 22.7. The van der Waals surface area contributed by atoms with Crippen LogP contribution in [0.15, 0.2) is 53.7 Å². The molecule has 4 atom stereocenters. The predicted molar refractivity (Wildman–Crippen MR) is 151 cm³/mol. The lowest BCUT2D eigenvalue weighted by molar-refractivity contribution is -0.163. The van der Waals surface area contributed by atoms with Crippen molar-refractivity contribution >= 4 is 25.7 Å². The fraction of sp³-hybridized carbons (Fsp3) is 0.500. The van der Waals surface area contributed by atoms with Gasteiger partial charge in [0.1, 0.15) is 18.1 Å². The zero-order chi connectivity index (χ0) is 28.0. The van der Waals surface area contributed by atoms with E-state index in [1.54, 1.807) is 12.1 Å². The van der Waals surface area contributed by atoms with Crippen LogP contribution in [-0.2, 0) is 23.9 Å². The summed E-state index contributed by atoms with van der Waals surface area (Å²) in [7, 11) is -1.41. The molecule has 0 aliphatic heterocycles. The lowest BCUT2D eigenvalue weighted by Crippen LogP contribution is -2.51. The van der Waals surface area contributed by atoms with Crippen molar-refractivity contribution < 1.29 is 33.7 Å². The fourth-order valence-electron chi connectivity index (χ4n) is 5.37. The maximum Gasteiger partial charge on any atom is 0.310 e. The van der Waals surface area contributed by atoms with E-state index in [4.69, 9.17) is 19.0 Å². The number of ether oxygens (including phenoxy) is 3. The second-order valence-corrected chi connectivity index (χ2v) is 17.0. The highest BCUT2D eigenvalue weighted by atomic mass is 28.3. The molecule has 9 heteroatoms. The summed E-state index contributed by atoms with van der Waals surface area (Å²) < 4.78 is 17.0. The van der Waals surface area contributed by atoms with Gasteiger partial charge in [0.05, 0.1) is 30.8 Å². The van der Waals surface area contributed by atoms with Crippen molar-refractivity contribution in [3.05, 3.63) is 59.7 Å². The number of fused-ring (bicyclic) bond motifs is 2. The van der Waals surface area contributed by atoms with Gasteiger partial charge >= 0.3 is 11.9 Å². The van der Waals surface area contributed by atoms with E-state index in [9.17, 15) is 14.7 Å². The highest BCUT2D eigenvalue weighted by molar-refractivity contribution is 6.76. The number of carbonyl (C=O) groups is 2. The van der Waals surface area contributed by atoms with Crippen LogP contribution in [0.25, 0.3) is 0 Å². The van der Waals surface area contributed by atoms with E-state index >= 15 is 0 Å². The number of aromatic hydroxyl groups is 1. The maximum atomic E-state index is 13.5. The van der Waals surface area contributed by atoms with Crippen molar-refractivity contribution in [2.75, 3.05) is 26.4 Å². The third-order valence-corrected chi connectivity index (χ3v) is 8.93. The monoisotopic (exact) mass is 553 g/mol. The van der Waals surface area contributed by atoms with Crippen molar-refractivity contribution in [2.24, 2.45) is 17.0 Å². The van der Waals surface area contributed by atoms with E-state index in [1.165, 1.54) is 0 Å². The minimum atomic E-state index is -1.41. The Bertz CT molecular complexity index is 1180. The number of rotatable bonds is 12. The molecule has 210 valence electrons. The Hall–Kier alpha value is -3.33. The van der Waals surface area contributed by atoms with Gasteiger partial charge in [-0.25, -0.2) is 0 Å². The Morgan fingerprint density at radius 3 is 2.36 bits per heavy atom. The molecule has 3 aliphatic carbocycles. The van der Waals surface area contributed by atoms with E-state index < -0.39 is 31.8 Å². The van der Waals surface area contributed by atoms with Crippen LogP contribution in [0.2, 0.25) is 25.7 Å². The molecular formula is C30H39NO7Si. The highest BCUT2D eigenvalue weighted by Crippen LogP contribution is 2.55. The van der Waals surface area contributed by atoms with Crippen LogP contribution in [-0.4, -0.2) is 57.3 Å². The number of hydrogen-bond acceptors (Lipinski definition) is 8. The Balaban J connectivity index is 1.58. The second-order valence-electron chi connectivity index (χ2n) is 11.4. The molecule has 1 saturated carbocycles.